The summed E-state index contributed by atoms with van der Waals surface area (Å²) in [6.45, 7) is -0.995. The van der Waals surface area contributed by atoms with E-state index in [9.17, 15) is 30.6 Å². The van der Waals surface area contributed by atoms with Crippen molar-refractivity contribution in [2.24, 2.45) is 5.92 Å². The summed E-state index contributed by atoms with van der Waals surface area (Å²) in [6, 6.07) is 0. The molecule has 0 aromatic rings. The Labute approximate surface area is 131 Å². The molecule has 23 heavy (non-hydrogen) atoms. The summed E-state index contributed by atoms with van der Waals surface area (Å²) in [6.07, 6.45) is -12.1. The molecule has 0 bridgehead atoms. The summed E-state index contributed by atoms with van der Waals surface area (Å²) < 4.78 is 15.9. The summed E-state index contributed by atoms with van der Waals surface area (Å²) in [7, 11) is 0. The second-order valence-electron chi connectivity index (χ2n) is 6.19. The van der Waals surface area contributed by atoms with E-state index in [0.717, 1.165) is 0 Å². The Morgan fingerprint density at radius 2 is 1.39 bits per heavy atom. The number of rotatable bonds is 4. The molecule has 3 fully saturated rings. The standard InChI is InChI=1S/C13H22O10/c14-1-3-10(7(18)8(19)12-11(3)22-12)23-13-9(20)6(17)5(16)4(2-15)21-13/h3-20H,1-2H2. The van der Waals surface area contributed by atoms with Crippen molar-refractivity contribution in [3.8, 4) is 0 Å². The average molecular weight is 338 g/mol. The number of ether oxygens (including phenoxy) is 3. The van der Waals surface area contributed by atoms with Crippen LogP contribution in [0.5, 0.6) is 0 Å². The van der Waals surface area contributed by atoms with E-state index in [-0.39, 0.29) is 6.61 Å². The van der Waals surface area contributed by atoms with E-state index >= 15 is 0 Å². The van der Waals surface area contributed by atoms with Crippen LogP contribution in [-0.4, -0.2) is 110 Å². The van der Waals surface area contributed by atoms with Gasteiger partial charge in [0.15, 0.2) is 6.29 Å². The minimum Gasteiger partial charge on any atom is -0.396 e. The van der Waals surface area contributed by atoms with E-state index in [1.807, 2.05) is 0 Å². The number of epoxide rings is 1. The molecular weight excluding hydrogens is 316 g/mol. The van der Waals surface area contributed by atoms with Crippen molar-refractivity contribution in [1.29, 1.82) is 0 Å². The molecule has 10 heteroatoms. The van der Waals surface area contributed by atoms with Crippen LogP contribution in [0.4, 0.5) is 0 Å². The molecule has 11 unspecified atom stereocenters. The van der Waals surface area contributed by atoms with Crippen molar-refractivity contribution in [2.45, 2.75) is 61.2 Å². The quantitative estimate of drug-likeness (QED) is 0.247. The van der Waals surface area contributed by atoms with Crippen LogP contribution in [0, 0.1) is 5.92 Å². The molecule has 2 heterocycles. The summed E-state index contributed by atoms with van der Waals surface area (Å²) in [5, 5.41) is 68.1. The summed E-state index contributed by atoms with van der Waals surface area (Å²) in [5.74, 6) is -0.647. The maximum absolute atomic E-state index is 10.1. The summed E-state index contributed by atoms with van der Waals surface area (Å²) in [4.78, 5) is 0. The highest BCUT2D eigenvalue weighted by Crippen LogP contribution is 2.43. The smallest absolute Gasteiger partial charge is 0.187 e. The van der Waals surface area contributed by atoms with Gasteiger partial charge in [-0.3, -0.25) is 0 Å². The molecule has 1 saturated carbocycles. The highest BCUT2D eigenvalue weighted by Gasteiger charge is 2.61. The van der Waals surface area contributed by atoms with Gasteiger partial charge in [-0.05, 0) is 0 Å². The van der Waals surface area contributed by atoms with Crippen molar-refractivity contribution in [2.75, 3.05) is 13.2 Å². The van der Waals surface area contributed by atoms with Gasteiger partial charge in [0.25, 0.3) is 0 Å². The average Bonchev–Trinajstić information content (AvgIpc) is 3.33. The van der Waals surface area contributed by atoms with Gasteiger partial charge in [-0.15, -0.1) is 0 Å². The topological polar surface area (TPSA) is 173 Å². The molecule has 0 radical (unpaired) electrons. The second kappa shape index (κ2) is 6.48. The largest absolute Gasteiger partial charge is 0.396 e. The van der Waals surface area contributed by atoms with Gasteiger partial charge in [0.05, 0.1) is 25.4 Å². The van der Waals surface area contributed by atoms with Crippen LogP contribution in [0.15, 0.2) is 0 Å². The Kier molecular flexibility index (Phi) is 4.91. The number of aliphatic hydroxyl groups is 7. The van der Waals surface area contributed by atoms with E-state index in [1.165, 1.54) is 0 Å². The minimum absolute atomic E-state index is 0.382. The van der Waals surface area contributed by atoms with Gasteiger partial charge in [0.2, 0.25) is 0 Å². The monoisotopic (exact) mass is 338 g/mol. The lowest BCUT2D eigenvalue weighted by molar-refractivity contribution is -0.326. The van der Waals surface area contributed by atoms with Crippen molar-refractivity contribution in [3.05, 3.63) is 0 Å². The van der Waals surface area contributed by atoms with Crippen LogP contribution in [0.3, 0.4) is 0 Å². The maximum Gasteiger partial charge on any atom is 0.187 e. The van der Waals surface area contributed by atoms with Gasteiger partial charge in [-0.1, -0.05) is 0 Å². The number of fused-ring (bicyclic) bond motifs is 1. The van der Waals surface area contributed by atoms with Crippen LogP contribution in [0.1, 0.15) is 0 Å². The maximum atomic E-state index is 10.1. The van der Waals surface area contributed by atoms with E-state index in [1.54, 1.807) is 0 Å². The number of hydrogen-bond donors (Lipinski definition) is 7. The number of hydrogen-bond acceptors (Lipinski definition) is 10. The fourth-order valence-corrected chi connectivity index (χ4v) is 3.31. The highest BCUT2D eigenvalue weighted by molar-refractivity contribution is 5.08. The molecule has 2 saturated heterocycles. The van der Waals surface area contributed by atoms with Gasteiger partial charge in [-0.2, -0.15) is 0 Å². The molecule has 134 valence electrons. The predicted octanol–water partition coefficient (Wildman–Crippen LogP) is -4.72. The van der Waals surface area contributed by atoms with Crippen LogP contribution >= 0.6 is 0 Å². The molecule has 0 amide bonds. The van der Waals surface area contributed by atoms with E-state index in [2.05, 4.69) is 0 Å². The summed E-state index contributed by atoms with van der Waals surface area (Å²) in [5.41, 5.74) is 0. The Morgan fingerprint density at radius 1 is 0.696 bits per heavy atom. The van der Waals surface area contributed by atoms with Gasteiger partial charge in [-0.25, -0.2) is 0 Å². The van der Waals surface area contributed by atoms with Gasteiger partial charge < -0.3 is 50.0 Å². The minimum atomic E-state index is -1.63. The van der Waals surface area contributed by atoms with Crippen molar-refractivity contribution in [3.63, 3.8) is 0 Å². The van der Waals surface area contributed by atoms with Crippen molar-refractivity contribution < 1.29 is 50.0 Å². The zero-order valence-corrected chi connectivity index (χ0v) is 12.1. The number of aliphatic hydroxyl groups excluding tert-OH is 7. The van der Waals surface area contributed by atoms with Gasteiger partial charge in [0.1, 0.15) is 42.7 Å². The highest BCUT2D eigenvalue weighted by atomic mass is 16.7. The van der Waals surface area contributed by atoms with Crippen molar-refractivity contribution >= 4 is 0 Å². The molecule has 10 nitrogen and oxygen atoms in total. The van der Waals surface area contributed by atoms with Crippen LogP contribution in [-0.2, 0) is 14.2 Å². The third-order valence-corrected chi connectivity index (χ3v) is 4.78. The van der Waals surface area contributed by atoms with E-state index < -0.39 is 73.8 Å². The lowest BCUT2D eigenvalue weighted by Crippen LogP contribution is -2.62. The Bertz CT molecular complexity index is 420. The molecule has 3 rings (SSSR count). The molecule has 3 aliphatic rings. The van der Waals surface area contributed by atoms with Crippen LogP contribution in [0.25, 0.3) is 0 Å². The van der Waals surface area contributed by atoms with Crippen LogP contribution < -0.4 is 0 Å². The molecule has 0 aromatic heterocycles. The predicted molar refractivity (Wildman–Crippen MR) is 69.9 cm³/mol. The fraction of sp³-hybridized carbons (Fsp3) is 1.00. The van der Waals surface area contributed by atoms with E-state index in [4.69, 9.17) is 19.3 Å². The van der Waals surface area contributed by atoms with Gasteiger partial charge in [0, 0.05) is 5.92 Å². The Hall–Kier alpha value is -0.400. The third kappa shape index (κ3) is 2.89. The molecule has 11 atom stereocenters. The molecule has 1 aliphatic carbocycles. The zero-order chi connectivity index (χ0) is 16.9. The molecule has 7 N–H and O–H groups in total. The first-order chi connectivity index (χ1) is 10.9. The van der Waals surface area contributed by atoms with Crippen molar-refractivity contribution in [1.82, 2.24) is 0 Å². The Balaban J connectivity index is 1.73. The Morgan fingerprint density at radius 3 is 2.00 bits per heavy atom. The first-order valence-corrected chi connectivity index (χ1v) is 7.49. The molecular formula is C13H22O10. The lowest BCUT2D eigenvalue weighted by Gasteiger charge is -2.43. The first kappa shape index (κ1) is 17.4. The lowest BCUT2D eigenvalue weighted by atomic mass is 9.83. The summed E-state index contributed by atoms with van der Waals surface area (Å²) >= 11 is 0. The van der Waals surface area contributed by atoms with Gasteiger partial charge >= 0.3 is 0 Å². The SMILES string of the molecule is OCC1OC(OC2C(O)C(O)C3OC3C2CO)C(O)C(O)C1O. The molecule has 0 aromatic carbocycles. The fourth-order valence-electron chi connectivity index (χ4n) is 3.31. The van der Waals surface area contributed by atoms with E-state index in [0.29, 0.717) is 0 Å². The molecule has 2 aliphatic heterocycles. The zero-order valence-electron chi connectivity index (χ0n) is 12.1. The van der Waals surface area contributed by atoms with Crippen LogP contribution in [0.2, 0.25) is 0 Å². The third-order valence-electron chi connectivity index (χ3n) is 4.78. The first-order valence-electron chi connectivity index (χ1n) is 7.49. The second-order valence-corrected chi connectivity index (χ2v) is 6.19. The molecule has 0 spiro atoms. The normalized spacial score (nSPS) is 56.2.